The monoisotopic (exact) mass is 407 g/mol. The van der Waals surface area contributed by atoms with Crippen molar-refractivity contribution in [3.63, 3.8) is 0 Å². The molecule has 30 heavy (non-hydrogen) atoms. The molecule has 4 rings (SSSR count). The van der Waals surface area contributed by atoms with Gasteiger partial charge in [0.15, 0.2) is 11.6 Å². The molecule has 3 aromatic rings. The summed E-state index contributed by atoms with van der Waals surface area (Å²) < 4.78 is 19.9. The fourth-order valence-electron chi connectivity index (χ4n) is 3.97. The Morgan fingerprint density at radius 3 is 2.27 bits per heavy atom. The molecule has 6 nitrogen and oxygen atoms in total. The van der Waals surface area contributed by atoms with Gasteiger partial charge in [0, 0.05) is 39.4 Å². The highest BCUT2D eigenvalue weighted by atomic mass is 16.7. The van der Waals surface area contributed by atoms with E-state index in [2.05, 4.69) is 35.2 Å². The number of nitrogens with zero attached hydrogens (tertiary/aromatic N) is 3. The van der Waals surface area contributed by atoms with Crippen LogP contribution in [0.15, 0.2) is 72.9 Å². The summed E-state index contributed by atoms with van der Waals surface area (Å²) in [6, 6.07) is 22.6. The average Bonchev–Trinajstić information content (AvgIpc) is 3.27. The van der Waals surface area contributed by atoms with Gasteiger partial charge in [0.25, 0.3) is 0 Å². The van der Waals surface area contributed by atoms with Crippen LogP contribution in [0.25, 0.3) is 0 Å². The molecule has 2 heterocycles. The van der Waals surface area contributed by atoms with E-state index < -0.39 is 5.79 Å². The zero-order valence-corrected chi connectivity index (χ0v) is 17.6. The van der Waals surface area contributed by atoms with E-state index in [-0.39, 0.29) is 6.10 Å². The molecule has 158 valence electrons. The lowest BCUT2D eigenvalue weighted by Gasteiger charge is -2.45. The first kappa shape index (κ1) is 20.6. The third-order valence-electron chi connectivity index (χ3n) is 5.73. The van der Waals surface area contributed by atoms with Gasteiger partial charge in [0.1, 0.15) is 6.10 Å². The van der Waals surface area contributed by atoms with Gasteiger partial charge in [-0.15, -0.1) is 0 Å². The second-order valence-electron chi connectivity index (χ2n) is 7.56. The van der Waals surface area contributed by atoms with Gasteiger partial charge in [-0.1, -0.05) is 60.7 Å². The molecular formula is C24H29N3O3. The van der Waals surface area contributed by atoms with E-state index in [1.807, 2.05) is 47.3 Å². The van der Waals surface area contributed by atoms with Crippen LogP contribution in [0.2, 0.25) is 0 Å². The van der Waals surface area contributed by atoms with Crippen molar-refractivity contribution in [2.45, 2.75) is 31.5 Å². The highest BCUT2D eigenvalue weighted by Gasteiger charge is 2.45. The van der Waals surface area contributed by atoms with Gasteiger partial charge < -0.3 is 19.1 Å². The molecule has 0 amide bonds. The van der Waals surface area contributed by atoms with Crippen LogP contribution in [0.4, 0.5) is 5.82 Å². The number of hydrogen-bond donors (Lipinski definition) is 0. The third kappa shape index (κ3) is 4.56. The summed E-state index contributed by atoms with van der Waals surface area (Å²) in [6.07, 6.45) is 2.49. The van der Waals surface area contributed by atoms with Crippen molar-refractivity contribution < 1.29 is 14.2 Å². The van der Waals surface area contributed by atoms with E-state index in [9.17, 15) is 0 Å². The van der Waals surface area contributed by atoms with Crippen molar-refractivity contribution in [3.8, 4) is 0 Å². The van der Waals surface area contributed by atoms with Gasteiger partial charge in [0.2, 0.25) is 0 Å². The summed E-state index contributed by atoms with van der Waals surface area (Å²) in [4.78, 5) is 2.24. The lowest BCUT2D eigenvalue weighted by atomic mass is 9.99. The maximum absolute atomic E-state index is 6.29. The van der Waals surface area contributed by atoms with Crippen molar-refractivity contribution >= 4 is 5.82 Å². The van der Waals surface area contributed by atoms with Crippen molar-refractivity contribution in [2.24, 2.45) is 0 Å². The molecule has 0 spiro atoms. The Labute approximate surface area is 178 Å². The summed E-state index contributed by atoms with van der Waals surface area (Å²) in [5.41, 5.74) is 2.36. The Morgan fingerprint density at radius 1 is 0.933 bits per heavy atom. The van der Waals surface area contributed by atoms with E-state index in [0.717, 1.165) is 24.5 Å². The minimum absolute atomic E-state index is 0.235. The normalized spacial score (nSPS) is 18.5. The SMILES string of the molecule is COC1(OC)CCN(c2ccn(Cc3ccccc3)n2)CC1OCc1ccccc1. The fourth-order valence-corrected chi connectivity index (χ4v) is 3.97. The van der Waals surface area contributed by atoms with Gasteiger partial charge in [-0.3, -0.25) is 4.68 Å². The van der Waals surface area contributed by atoms with E-state index in [1.54, 1.807) is 14.2 Å². The third-order valence-corrected chi connectivity index (χ3v) is 5.73. The Hall–Kier alpha value is -2.67. The Morgan fingerprint density at radius 2 is 1.60 bits per heavy atom. The zero-order valence-electron chi connectivity index (χ0n) is 17.6. The molecule has 1 fully saturated rings. The standard InChI is InChI=1S/C24H29N3O3/c1-28-24(29-2)14-16-26(18-22(24)30-19-21-11-7-4-8-12-21)23-13-15-27(25-23)17-20-9-5-3-6-10-20/h3-13,15,22H,14,16-19H2,1-2H3. The highest BCUT2D eigenvalue weighted by molar-refractivity contribution is 5.38. The van der Waals surface area contributed by atoms with Gasteiger partial charge >= 0.3 is 0 Å². The van der Waals surface area contributed by atoms with Crippen molar-refractivity contribution in [2.75, 3.05) is 32.2 Å². The van der Waals surface area contributed by atoms with Crippen LogP contribution in [0.3, 0.4) is 0 Å². The number of piperidine rings is 1. The minimum atomic E-state index is -0.752. The lowest BCUT2D eigenvalue weighted by molar-refractivity contribution is -0.277. The van der Waals surface area contributed by atoms with Crippen molar-refractivity contribution in [1.29, 1.82) is 0 Å². The van der Waals surface area contributed by atoms with Crippen LogP contribution >= 0.6 is 0 Å². The Kier molecular flexibility index (Phi) is 6.47. The molecule has 1 aliphatic rings. The quantitative estimate of drug-likeness (QED) is 0.533. The van der Waals surface area contributed by atoms with Gasteiger partial charge in [-0.25, -0.2) is 0 Å². The van der Waals surface area contributed by atoms with Crippen LogP contribution in [-0.2, 0) is 27.4 Å². The van der Waals surface area contributed by atoms with E-state index in [0.29, 0.717) is 19.6 Å². The molecule has 0 radical (unpaired) electrons. The molecule has 0 saturated carbocycles. The molecule has 0 aliphatic carbocycles. The summed E-state index contributed by atoms with van der Waals surface area (Å²) >= 11 is 0. The number of rotatable bonds is 8. The number of methoxy groups -OCH3 is 2. The number of hydrogen-bond acceptors (Lipinski definition) is 5. The first-order valence-corrected chi connectivity index (χ1v) is 10.3. The van der Waals surface area contributed by atoms with E-state index >= 15 is 0 Å². The average molecular weight is 408 g/mol. The van der Waals surface area contributed by atoms with Crippen LogP contribution in [-0.4, -0.2) is 49.0 Å². The van der Waals surface area contributed by atoms with Crippen molar-refractivity contribution in [1.82, 2.24) is 9.78 Å². The first-order valence-electron chi connectivity index (χ1n) is 10.3. The van der Waals surface area contributed by atoms with Gasteiger partial charge in [-0.05, 0) is 11.1 Å². The largest absolute Gasteiger partial charge is 0.366 e. The lowest BCUT2D eigenvalue weighted by Crippen LogP contribution is -2.58. The summed E-state index contributed by atoms with van der Waals surface area (Å²) in [5, 5.41) is 4.79. The predicted molar refractivity (Wildman–Crippen MR) is 116 cm³/mol. The number of anilines is 1. The fraction of sp³-hybridized carbons (Fsp3) is 0.375. The minimum Gasteiger partial charge on any atom is -0.366 e. The molecule has 1 unspecified atom stereocenters. The summed E-state index contributed by atoms with van der Waals surface area (Å²) in [5.74, 6) is 0.192. The maximum Gasteiger partial charge on any atom is 0.197 e. The number of ether oxygens (including phenoxy) is 3. The van der Waals surface area contributed by atoms with Gasteiger partial charge in [0.05, 0.1) is 19.7 Å². The maximum atomic E-state index is 6.29. The van der Waals surface area contributed by atoms with Crippen LogP contribution in [0, 0.1) is 0 Å². The van der Waals surface area contributed by atoms with Crippen LogP contribution < -0.4 is 4.90 Å². The molecule has 1 aliphatic heterocycles. The van der Waals surface area contributed by atoms with Crippen LogP contribution in [0.5, 0.6) is 0 Å². The summed E-state index contributed by atoms with van der Waals surface area (Å²) in [6.45, 7) is 2.70. The van der Waals surface area contributed by atoms with Crippen molar-refractivity contribution in [3.05, 3.63) is 84.1 Å². The Balaban J connectivity index is 1.46. The smallest absolute Gasteiger partial charge is 0.197 e. The van der Waals surface area contributed by atoms with E-state index in [1.165, 1.54) is 5.56 Å². The predicted octanol–water partition coefficient (Wildman–Crippen LogP) is 3.72. The summed E-state index contributed by atoms with van der Waals surface area (Å²) in [7, 11) is 3.37. The number of benzene rings is 2. The first-order chi connectivity index (χ1) is 14.7. The van der Waals surface area contributed by atoms with Crippen LogP contribution in [0.1, 0.15) is 17.5 Å². The molecule has 6 heteroatoms. The molecule has 1 atom stereocenters. The Bertz CT molecular complexity index is 910. The highest BCUT2D eigenvalue weighted by Crippen LogP contribution is 2.32. The molecule has 0 bridgehead atoms. The van der Waals surface area contributed by atoms with Gasteiger partial charge in [-0.2, -0.15) is 5.10 Å². The second kappa shape index (κ2) is 9.43. The van der Waals surface area contributed by atoms with E-state index in [4.69, 9.17) is 19.3 Å². The molecule has 2 aromatic carbocycles. The zero-order chi connectivity index (χ0) is 20.8. The number of aromatic nitrogens is 2. The topological polar surface area (TPSA) is 48.8 Å². The molecular weight excluding hydrogens is 378 g/mol. The molecule has 1 saturated heterocycles. The second-order valence-corrected chi connectivity index (χ2v) is 7.56. The molecule has 0 N–H and O–H groups in total. The molecule has 1 aromatic heterocycles.